The van der Waals surface area contributed by atoms with Crippen LogP contribution < -0.4 is 28.4 Å². The molecule has 4 aliphatic heterocycles. The van der Waals surface area contributed by atoms with Crippen LogP contribution in [0, 0.1) is 13.8 Å². The second-order valence-corrected chi connectivity index (χ2v) is 17.4. The Morgan fingerprint density at radius 3 is 1.40 bits per heavy atom. The van der Waals surface area contributed by atoms with E-state index in [9.17, 15) is 9.59 Å². The predicted molar refractivity (Wildman–Crippen MR) is 259 cm³/mol. The van der Waals surface area contributed by atoms with Gasteiger partial charge in [0.15, 0.2) is 0 Å². The molecule has 352 valence electrons. The fourth-order valence-electron chi connectivity index (χ4n) is 9.63. The molecule has 4 aromatic carbocycles. The second kappa shape index (κ2) is 20.2. The average Bonchev–Trinajstić information content (AvgIpc) is 4.02. The van der Waals surface area contributed by atoms with Gasteiger partial charge in [-0.3, -0.25) is 9.59 Å². The Morgan fingerprint density at radius 2 is 1.01 bits per heavy atom. The van der Waals surface area contributed by atoms with E-state index in [1.165, 1.54) is 0 Å². The lowest BCUT2D eigenvalue weighted by Gasteiger charge is -2.38. The van der Waals surface area contributed by atoms with Gasteiger partial charge < -0.3 is 47.4 Å². The van der Waals surface area contributed by atoms with Crippen molar-refractivity contribution in [3.05, 3.63) is 143 Å². The lowest BCUT2D eigenvalue weighted by atomic mass is 9.93. The maximum atomic E-state index is 13.6. The SMILES string of the molecule is COc1ccc2c(c1)OCC[C@@H]2N1CCC/C(=C\c2ccc(-n3cnc(C)c3)c(OC)c2)C1=O.COc1ccc2c(c1)OCC[C@H]2N1CCC/C(=C\c2ccc(-n3cnc(C)c3)c(OC)c2)C1=O. The number of likely N-dealkylation sites (tertiary alicyclic amines) is 2. The maximum Gasteiger partial charge on any atom is 0.250 e. The zero-order chi connectivity index (χ0) is 47.3. The molecule has 6 heterocycles. The number of aromatic nitrogens is 4. The quantitative estimate of drug-likeness (QED) is 0.123. The first-order valence-electron chi connectivity index (χ1n) is 23.2. The fraction of sp³-hybridized carbons (Fsp3) is 0.333. The fourth-order valence-corrected chi connectivity index (χ4v) is 9.63. The molecule has 0 aliphatic carbocycles. The number of aryl methyl sites for hydroxylation is 2. The van der Waals surface area contributed by atoms with Gasteiger partial charge in [-0.15, -0.1) is 0 Å². The van der Waals surface area contributed by atoms with Crippen LogP contribution in [-0.2, 0) is 9.59 Å². The molecule has 0 bridgehead atoms. The summed E-state index contributed by atoms with van der Waals surface area (Å²) < 4.78 is 37.6. The van der Waals surface area contributed by atoms with Crippen molar-refractivity contribution in [3.63, 3.8) is 0 Å². The summed E-state index contributed by atoms with van der Waals surface area (Å²) in [5.41, 5.74) is 9.32. The van der Waals surface area contributed by atoms with Gasteiger partial charge in [0, 0.05) is 72.7 Å². The summed E-state index contributed by atoms with van der Waals surface area (Å²) in [5, 5.41) is 0. The molecule has 14 nitrogen and oxygen atoms in total. The van der Waals surface area contributed by atoms with Crippen LogP contribution in [0.5, 0.6) is 34.5 Å². The van der Waals surface area contributed by atoms with E-state index in [2.05, 4.69) is 9.97 Å². The summed E-state index contributed by atoms with van der Waals surface area (Å²) in [6, 6.07) is 23.7. The highest BCUT2D eigenvalue weighted by Gasteiger charge is 2.35. The molecule has 68 heavy (non-hydrogen) atoms. The lowest BCUT2D eigenvalue weighted by molar-refractivity contribution is -0.132. The third kappa shape index (κ3) is 9.53. The molecule has 2 amide bonds. The standard InChI is InChI=1S/2C27H29N3O4/c2*1-18-16-29(17-28-18)24-9-6-19(14-26(24)33-3)13-20-5-4-11-30(27(20)31)23-10-12-34-25-15-21(32-2)7-8-22(23)25/h2*6-9,13-17,23H,4-5,10-12H2,1-3H3/b2*20-13+/t2*23-/m10/s1. The molecule has 0 spiro atoms. The number of rotatable bonds is 10. The Labute approximate surface area is 397 Å². The van der Waals surface area contributed by atoms with Gasteiger partial charge in [-0.25, -0.2) is 9.97 Å². The largest absolute Gasteiger partial charge is 0.497 e. The summed E-state index contributed by atoms with van der Waals surface area (Å²) >= 11 is 0. The van der Waals surface area contributed by atoms with Crippen LogP contribution in [0.4, 0.5) is 0 Å². The number of nitrogens with zero attached hydrogens (tertiary/aromatic N) is 6. The van der Waals surface area contributed by atoms with Crippen molar-refractivity contribution in [2.24, 2.45) is 0 Å². The van der Waals surface area contributed by atoms with Crippen molar-refractivity contribution in [2.45, 2.75) is 64.5 Å². The molecule has 0 unspecified atom stereocenters. The number of fused-ring (bicyclic) bond motifs is 2. The molecule has 10 rings (SSSR count). The molecular weight excluding hydrogens is 861 g/mol. The van der Waals surface area contributed by atoms with Crippen LogP contribution in [0.1, 0.15) is 84.3 Å². The van der Waals surface area contributed by atoms with Gasteiger partial charge in [-0.1, -0.05) is 12.1 Å². The van der Waals surface area contributed by atoms with Crippen molar-refractivity contribution in [1.29, 1.82) is 0 Å². The van der Waals surface area contributed by atoms with Gasteiger partial charge in [-0.2, -0.15) is 0 Å². The minimum Gasteiger partial charge on any atom is -0.497 e. The Bertz CT molecular complexity index is 2690. The number of benzene rings is 4. The van der Waals surface area contributed by atoms with Crippen LogP contribution >= 0.6 is 0 Å². The number of carbonyl (C=O) groups excluding carboxylic acids is 2. The highest BCUT2D eigenvalue weighted by molar-refractivity contribution is 5.99. The number of ether oxygens (including phenoxy) is 6. The highest BCUT2D eigenvalue weighted by atomic mass is 16.5. The van der Waals surface area contributed by atoms with E-state index in [0.717, 1.165) is 142 Å². The molecule has 2 atom stereocenters. The van der Waals surface area contributed by atoms with Gasteiger partial charge >= 0.3 is 0 Å². The molecule has 14 heteroatoms. The van der Waals surface area contributed by atoms with E-state index >= 15 is 0 Å². The molecule has 0 saturated carbocycles. The lowest BCUT2D eigenvalue weighted by Crippen LogP contribution is -2.41. The Balaban J connectivity index is 0.000000170. The number of hydrogen-bond donors (Lipinski definition) is 0. The van der Waals surface area contributed by atoms with Crippen molar-refractivity contribution < 1.29 is 38.0 Å². The third-order valence-electron chi connectivity index (χ3n) is 13.0. The van der Waals surface area contributed by atoms with Gasteiger partial charge in [0.05, 0.1) is 89.2 Å². The van der Waals surface area contributed by atoms with E-state index in [1.54, 1.807) is 41.1 Å². The number of carbonyl (C=O) groups is 2. The maximum absolute atomic E-state index is 13.6. The van der Waals surface area contributed by atoms with Gasteiger partial charge in [0.1, 0.15) is 34.5 Å². The summed E-state index contributed by atoms with van der Waals surface area (Å²) in [7, 11) is 6.60. The van der Waals surface area contributed by atoms with Gasteiger partial charge in [0.25, 0.3) is 0 Å². The Hall–Kier alpha value is -7.48. The van der Waals surface area contributed by atoms with Crippen molar-refractivity contribution in [3.8, 4) is 45.9 Å². The number of imidazole rings is 2. The molecule has 0 radical (unpaired) electrons. The number of piperidine rings is 2. The minimum absolute atomic E-state index is 0.00671. The van der Waals surface area contributed by atoms with Crippen molar-refractivity contribution in [2.75, 3.05) is 54.7 Å². The van der Waals surface area contributed by atoms with Crippen molar-refractivity contribution >= 4 is 24.0 Å². The van der Waals surface area contributed by atoms with E-state index in [0.29, 0.717) is 13.2 Å². The zero-order valence-corrected chi connectivity index (χ0v) is 39.6. The first-order chi connectivity index (χ1) is 33.1. The van der Waals surface area contributed by atoms with E-state index < -0.39 is 0 Å². The number of hydrogen-bond acceptors (Lipinski definition) is 10. The Kier molecular flexibility index (Phi) is 13.5. The molecule has 6 aromatic rings. The van der Waals surface area contributed by atoms with Gasteiger partial charge in [0.2, 0.25) is 11.8 Å². The van der Waals surface area contributed by atoms with Crippen LogP contribution in [0.3, 0.4) is 0 Å². The predicted octanol–water partition coefficient (Wildman–Crippen LogP) is 9.46. The normalized spacial score (nSPS) is 19.0. The summed E-state index contributed by atoms with van der Waals surface area (Å²) in [5.74, 6) is 4.77. The first kappa shape index (κ1) is 45.7. The van der Waals surface area contributed by atoms with Crippen LogP contribution in [0.2, 0.25) is 0 Å². The van der Waals surface area contributed by atoms with E-state index in [4.69, 9.17) is 28.4 Å². The van der Waals surface area contributed by atoms with Crippen LogP contribution in [-0.4, -0.2) is 95.5 Å². The smallest absolute Gasteiger partial charge is 0.250 e. The minimum atomic E-state index is 0.00671. The van der Waals surface area contributed by atoms with Crippen molar-refractivity contribution in [1.82, 2.24) is 28.9 Å². The zero-order valence-electron chi connectivity index (χ0n) is 39.6. The monoisotopic (exact) mass is 918 g/mol. The third-order valence-corrected chi connectivity index (χ3v) is 13.0. The molecule has 4 aliphatic rings. The molecule has 2 fully saturated rings. The number of methoxy groups -OCH3 is 4. The molecule has 0 N–H and O–H groups in total. The average molecular weight is 919 g/mol. The molecular formula is C54H58N6O8. The second-order valence-electron chi connectivity index (χ2n) is 17.4. The summed E-state index contributed by atoms with van der Waals surface area (Å²) in [6.07, 6.45) is 16.4. The summed E-state index contributed by atoms with van der Waals surface area (Å²) in [6.45, 7) is 6.56. The van der Waals surface area contributed by atoms with E-state index in [1.807, 2.05) is 130 Å². The first-order valence-corrected chi connectivity index (χ1v) is 23.2. The molecule has 2 saturated heterocycles. The number of amides is 2. The van der Waals surface area contributed by atoms with Crippen LogP contribution in [0.25, 0.3) is 23.5 Å². The highest BCUT2D eigenvalue weighted by Crippen LogP contribution is 2.42. The summed E-state index contributed by atoms with van der Waals surface area (Å²) in [4.78, 5) is 39.7. The molecule has 2 aromatic heterocycles. The van der Waals surface area contributed by atoms with Gasteiger partial charge in [-0.05, 0) is 111 Å². The Morgan fingerprint density at radius 1 is 0.574 bits per heavy atom. The van der Waals surface area contributed by atoms with E-state index in [-0.39, 0.29) is 23.9 Å². The van der Waals surface area contributed by atoms with Crippen LogP contribution in [0.15, 0.2) is 109 Å². The topological polar surface area (TPSA) is 132 Å².